The second-order valence-corrected chi connectivity index (χ2v) is 4.37. The number of hydrogen-bond donors (Lipinski definition) is 3. The van der Waals surface area contributed by atoms with Gasteiger partial charge in [-0.25, -0.2) is 0 Å². The van der Waals surface area contributed by atoms with Gasteiger partial charge in [0, 0.05) is 25.9 Å². The lowest BCUT2D eigenvalue weighted by Crippen LogP contribution is -3.05. The standard InChI is InChI=1S/C10H25N3/c1-12(2)9-5-7-11-8-6-10-13(3)4/h11H,5-10H2,1-4H3/p+2. The molecule has 0 radical (unpaired) electrons. The topological polar surface area (TPSA) is 20.9 Å². The Bertz CT molecular complexity index is 90.3. The first kappa shape index (κ1) is 12.9. The van der Waals surface area contributed by atoms with E-state index >= 15 is 0 Å². The Morgan fingerprint density at radius 1 is 0.769 bits per heavy atom. The smallest absolute Gasteiger partial charge is 0.0779 e. The van der Waals surface area contributed by atoms with Gasteiger partial charge in [0.2, 0.25) is 0 Å². The largest absolute Gasteiger partial charge is 0.340 e. The van der Waals surface area contributed by atoms with E-state index in [-0.39, 0.29) is 0 Å². The van der Waals surface area contributed by atoms with Crippen molar-refractivity contribution in [2.45, 2.75) is 12.8 Å². The molecule has 0 heterocycles. The lowest BCUT2D eigenvalue weighted by molar-refractivity contribution is -0.858. The molecule has 0 aliphatic heterocycles. The first-order valence-electron chi connectivity index (χ1n) is 5.41. The van der Waals surface area contributed by atoms with Crippen molar-refractivity contribution < 1.29 is 9.80 Å². The maximum Gasteiger partial charge on any atom is 0.0779 e. The molecule has 0 saturated carbocycles. The molecule has 3 N–H and O–H groups in total. The first-order chi connectivity index (χ1) is 6.13. The molecular formula is C10H27N3+2. The second-order valence-electron chi connectivity index (χ2n) is 4.37. The van der Waals surface area contributed by atoms with Gasteiger partial charge in [0.15, 0.2) is 0 Å². The molecule has 0 atom stereocenters. The van der Waals surface area contributed by atoms with Crippen molar-refractivity contribution in [1.82, 2.24) is 5.32 Å². The zero-order chi connectivity index (χ0) is 10.1. The van der Waals surface area contributed by atoms with Crippen molar-refractivity contribution in [3.8, 4) is 0 Å². The van der Waals surface area contributed by atoms with Gasteiger partial charge in [-0.3, -0.25) is 0 Å². The average molecular weight is 189 g/mol. The fourth-order valence-electron chi connectivity index (χ4n) is 1.26. The molecule has 0 aromatic rings. The summed E-state index contributed by atoms with van der Waals surface area (Å²) in [6.07, 6.45) is 2.58. The molecule has 0 aliphatic rings. The molecule has 0 amide bonds. The van der Waals surface area contributed by atoms with Crippen LogP contribution in [0.25, 0.3) is 0 Å². The molecule has 0 aromatic heterocycles. The van der Waals surface area contributed by atoms with Gasteiger partial charge in [-0.2, -0.15) is 0 Å². The van der Waals surface area contributed by atoms with Crippen molar-refractivity contribution in [3.63, 3.8) is 0 Å². The molecule has 0 bridgehead atoms. The molecule has 0 aromatic carbocycles. The van der Waals surface area contributed by atoms with Crippen molar-refractivity contribution in [2.75, 3.05) is 54.4 Å². The van der Waals surface area contributed by atoms with Gasteiger partial charge in [-0.1, -0.05) is 0 Å². The van der Waals surface area contributed by atoms with Crippen LogP contribution in [0.15, 0.2) is 0 Å². The van der Waals surface area contributed by atoms with E-state index < -0.39 is 0 Å². The summed E-state index contributed by atoms with van der Waals surface area (Å²) in [7, 11) is 8.82. The third-order valence-electron chi connectivity index (χ3n) is 2.06. The van der Waals surface area contributed by atoms with Crippen molar-refractivity contribution in [2.24, 2.45) is 0 Å². The van der Waals surface area contributed by atoms with Gasteiger partial charge < -0.3 is 15.1 Å². The lowest BCUT2D eigenvalue weighted by Gasteiger charge is -2.09. The van der Waals surface area contributed by atoms with E-state index in [1.165, 1.54) is 39.0 Å². The van der Waals surface area contributed by atoms with Gasteiger partial charge >= 0.3 is 0 Å². The van der Waals surface area contributed by atoms with Crippen molar-refractivity contribution in [1.29, 1.82) is 0 Å². The van der Waals surface area contributed by atoms with Crippen LogP contribution >= 0.6 is 0 Å². The third kappa shape index (κ3) is 11.9. The maximum atomic E-state index is 3.47. The fourth-order valence-corrected chi connectivity index (χ4v) is 1.26. The highest BCUT2D eigenvalue weighted by Gasteiger charge is 1.94. The van der Waals surface area contributed by atoms with Crippen LogP contribution in [0.1, 0.15) is 12.8 Å². The number of nitrogens with one attached hydrogen (secondary N) is 3. The zero-order valence-electron chi connectivity index (χ0n) is 9.74. The Balaban J connectivity index is 2.92. The average Bonchev–Trinajstić information content (AvgIpc) is 2.01. The Morgan fingerprint density at radius 3 is 1.46 bits per heavy atom. The molecule has 0 saturated heterocycles. The molecule has 13 heavy (non-hydrogen) atoms. The van der Waals surface area contributed by atoms with E-state index in [1.807, 2.05) is 0 Å². The van der Waals surface area contributed by atoms with Crippen molar-refractivity contribution in [3.05, 3.63) is 0 Å². The molecule has 3 nitrogen and oxygen atoms in total. The predicted molar refractivity (Wildman–Crippen MR) is 57.5 cm³/mol. The van der Waals surface area contributed by atoms with Crippen LogP contribution in [0.4, 0.5) is 0 Å². The Morgan fingerprint density at radius 2 is 1.15 bits per heavy atom. The summed E-state index contributed by atoms with van der Waals surface area (Å²) in [4.78, 5) is 3.08. The summed E-state index contributed by atoms with van der Waals surface area (Å²) >= 11 is 0. The molecule has 0 spiro atoms. The quantitative estimate of drug-likeness (QED) is 0.365. The minimum absolute atomic E-state index is 1.17. The minimum Gasteiger partial charge on any atom is -0.340 e. The van der Waals surface area contributed by atoms with E-state index in [2.05, 4.69) is 33.5 Å². The van der Waals surface area contributed by atoms with E-state index in [0.29, 0.717) is 0 Å². The molecule has 0 fully saturated rings. The number of quaternary nitrogens is 2. The molecule has 80 valence electrons. The Labute approximate surface area is 83.1 Å². The highest BCUT2D eigenvalue weighted by atomic mass is 15.1. The van der Waals surface area contributed by atoms with Gasteiger partial charge in [0.05, 0.1) is 41.3 Å². The summed E-state index contributed by atoms with van der Waals surface area (Å²) in [5.74, 6) is 0. The number of rotatable bonds is 8. The minimum atomic E-state index is 1.17. The van der Waals surface area contributed by atoms with E-state index in [4.69, 9.17) is 0 Å². The summed E-state index contributed by atoms with van der Waals surface area (Å²) in [6.45, 7) is 4.89. The highest BCUT2D eigenvalue weighted by molar-refractivity contribution is 4.45. The maximum absolute atomic E-state index is 3.47. The molecule has 3 heteroatoms. The van der Waals surface area contributed by atoms with Crippen LogP contribution in [0.3, 0.4) is 0 Å². The van der Waals surface area contributed by atoms with E-state index in [9.17, 15) is 0 Å². The Hall–Kier alpha value is -0.120. The summed E-state index contributed by atoms with van der Waals surface area (Å²) < 4.78 is 0. The highest BCUT2D eigenvalue weighted by Crippen LogP contribution is 1.72. The predicted octanol–water partition coefficient (Wildman–Crippen LogP) is -2.35. The normalized spacial score (nSPS) is 11.5. The number of hydrogen-bond acceptors (Lipinski definition) is 1. The Kier molecular flexibility index (Phi) is 8.40. The van der Waals surface area contributed by atoms with E-state index in [1.54, 1.807) is 9.80 Å². The SMILES string of the molecule is C[NH+](C)CCCNCCC[NH+](C)C. The third-order valence-corrected chi connectivity index (χ3v) is 2.06. The zero-order valence-corrected chi connectivity index (χ0v) is 9.74. The van der Waals surface area contributed by atoms with Crippen LogP contribution in [-0.2, 0) is 0 Å². The van der Waals surface area contributed by atoms with Gasteiger partial charge in [-0.15, -0.1) is 0 Å². The van der Waals surface area contributed by atoms with Crippen LogP contribution < -0.4 is 15.1 Å². The lowest BCUT2D eigenvalue weighted by atomic mass is 10.3. The monoisotopic (exact) mass is 189 g/mol. The summed E-state index contributed by atoms with van der Waals surface area (Å²) in [6, 6.07) is 0. The second kappa shape index (κ2) is 8.48. The van der Waals surface area contributed by atoms with Crippen LogP contribution in [0.2, 0.25) is 0 Å². The van der Waals surface area contributed by atoms with Gasteiger partial charge in [0.25, 0.3) is 0 Å². The fraction of sp³-hybridized carbons (Fsp3) is 1.00. The molecule has 0 unspecified atom stereocenters. The van der Waals surface area contributed by atoms with Crippen LogP contribution in [0.5, 0.6) is 0 Å². The summed E-state index contributed by atoms with van der Waals surface area (Å²) in [5.41, 5.74) is 0. The van der Waals surface area contributed by atoms with E-state index in [0.717, 1.165) is 0 Å². The van der Waals surface area contributed by atoms with Crippen molar-refractivity contribution >= 4 is 0 Å². The summed E-state index contributed by atoms with van der Waals surface area (Å²) in [5, 5.41) is 3.47. The first-order valence-corrected chi connectivity index (χ1v) is 5.41. The van der Waals surface area contributed by atoms with Gasteiger partial charge in [-0.05, 0) is 0 Å². The van der Waals surface area contributed by atoms with Gasteiger partial charge in [0.1, 0.15) is 0 Å². The van der Waals surface area contributed by atoms with Crippen LogP contribution in [0, 0.1) is 0 Å². The molecule has 0 rings (SSSR count). The molecular weight excluding hydrogens is 162 g/mol. The molecule has 0 aliphatic carbocycles. The van der Waals surface area contributed by atoms with Crippen LogP contribution in [-0.4, -0.2) is 54.4 Å².